The minimum atomic E-state index is -0.866. The summed E-state index contributed by atoms with van der Waals surface area (Å²) in [6, 6.07) is 11.9. The van der Waals surface area contributed by atoms with E-state index in [0.29, 0.717) is 0 Å². The van der Waals surface area contributed by atoms with Crippen LogP contribution in [0, 0.1) is 6.92 Å². The standard InChI is InChI=1S/C15H16O2/c1-10-7-8-12-11(9-10)5-4-6-13(12)15(2,3)14(16)17/h4-9H,1-3H3,(H,16,17). The van der Waals surface area contributed by atoms with Crippen molar-refractivity contribution in [3.63, 3.8) is 0 Å². The van der Waals surface area contributed by atoms with Crippen LogP contribution in [0.4, 0.5) is 0 Å². The molecule has 2 aromatic rings. The highest BCUT2D eigenvalue weighted by Crippen LogP contribution is 2.31. The predicted molar refractivity (Wildman–Crippen MR) is 69.3 cm³/mol. The fourth-order valence-electron chi connectivity index (χ4n) is 2.06. The highest BCUT2D eigenvalue weighted by atomic mass is 16.4. The van der Waals surface area contributed by atoms with Gasteiger partial charge in [-0.25, -0.2) is 0 Å². The summed E-state index contributed by atoms with van der Waals surface area (Å²) in [4.78, 5) is 11.3. The van der Waals surface area contributed by atoms with Crippen LogP contribution in [-0.4, -0.2) is 11.1 Å². The van der Waals surface area contributed by atoms with Crippen LogP contribution < -0.4 is 0 Å². The van der Waals surface area contributed by atoms with Gasteiger partial charge in [-0.3, -0.25) is 4.79 Å². The lowest BCUT2D eigenvalue weighted by molar-refractivity contribution is -0.142. The van der Waals surface area contributed by atoms with Gasteiger partial charge in [0, 0.05) is 0 Å². The van der Waals surface area contributed by atoms with E-state index in [1.165, 1.54) is 5.56 Å². The monoisotopic (exact) mass is 228 g/mol. The third-order valence-electron chi connectivity index (χ3n) is 3.24. The summed E-state index contributed by atoms with van der Waals surface area (Å²) >= 11 is 0. The van der Waals surface area contributed by atoms with Gasteiger partial charge in [0.05, 0.1) is 5.41 Å². The molecule has 88 valence electrons. The number of hydrogen-bond acceptors (Lipinski definition) is 1. The second-order valence-electron chi connectivity index (χ2n) is 4.96. The molecule has 17 heavy (non-hydrogen) atoms. The third-order valence-corrected chi connectivity index (χ3v) is 3.24. The molecule has 0 aromatic heterocycles. The van der Waals surface area contributed by atoms with E-state index < -0.39 is 11.4 Å². The van der Waals surface area contributed by atoms with Gasteiger partial charge in [0.2, 0.25) is 0 Å². The molecule has 1 N–H and O–H groups in total. The number of aliphatic carboxylic acids is 1. The molecule has 0 heterocycles. The first-order valence-electron chi connectivity index (χ1n) is 5.66. The Bertz CT molecular complexity index is 582. The Kier molecular flexibility index (Phi) is 2.66. The molecule has 0 atom stereocenters. The topological polar surface area (TPSA) is 37.3 Å². The van der Waals surface area contributed by atoms with Crippen molar-refractivity contribution >= 4 is 16.7 Å². The average Bonchev–Trinajstić information content (AvgIpc) is 2.27. The molecule has 0 amide bonds. The first-order valence-corrected chi connectivity index (χ1v) is 5.66. The van der Waals surface area contributed by atoms with Crippen molar-refractivity contribution < 1.29 is 9.90 Å². The summed E-state index contributed by atoms with van der Waals surface area (Å²) in [6.45, 7) is 5.52. The maximum absolute atomic E-state index is 11.3. The zero-order valence-electron chi connectivity index (χ0n) is 10.3. The molecule has 0 unspecified atom stereocenters. The van der Waals surface area contributed by atoms with Crippen molar-refractivity contribution in [2.75, 3.05) is 0 Å². The summed E-state index contributed by atoms with van der Waals surface area (Å²) in [6.07, 6.45) is 0. The zero-order chi connectivity index (χ0) is 12.6. The van der Waals surface area contributed by atoms with E-state index in [9.17, 15) is 9.90 Å². The minimum absolute atomic E-state index is 0.800. The molecule has 0 fully saturated rings. The maximum atomic E-state index is 11.3. The molecule has 2 heteroatoms. The summed E-state index contributed by atoms with van der Waals surface area (Å²) in [5.41, 5.74) is 1.18. The van der Waals surface area contributed by atoms with Crippen molar-refractivity contribution in [2.24, 2.45) is 0 Å². The Hall–Kier alpha value is -1.83. The Morgan fingerprint density at radius 3 is 2.53 bits per heavy atom. The number of benzene rings is 2. The van der Waals surface area contributed by atoms with Gasteiger partial charge in [-0.2, -0.15) is 0 Å². The van der Waals surface area contributed by atoms with Gasteiger partial charge in [0.1, 0.15) is 0 Å². The SMILES string of the molecule is Cc1ccc2c(C(C)(C)C(=O)O)cccc2c1. The lowest BCUT2D eigenvalue weighted by Crippen LogP contribution is -2.28. The highest BCUT2D eigenvalue weighted by molar-refractivity contribution is 5.92. The Balaban J connectivity index is 2.75. The number of carbonyl (C=O) groups is 1. The molecule has 0 radical (unpaired) electrons. The Morgan fingerprint density at radius 2 is 1.88 bits per heavy atom. The summed E-state index contributed by atoms with van der Waals surface area (Å²) in [5.74, 6) is -0.800. The molecule has 0 aliphatic rings. The van der Waals surface area contributed by atoms with Gasteiger partial charge in [-0.15, -0.1) is 0 Å². The molecule has 0 saturated carbocycles. The third kappa shape index (κ3) is 1.91. The van der Waals surface area contributed by atoms with Crippen LogP contribution in [0.3, 0.4) is 0 Å². The molecule has 0 bridgehead atoms. The summed E-state index contributed by atoms with van der Waals surface area (Å²) in [7, 11) is 0. The fourth-order valence-corrected chi connectivity index (χ4v) is 2.06. The molecule has 0 aliphatic carbocycles. The summed E-state index contributed by atoms with van der Waals surface area (Å²) < 4.78 is 0. The molecular formula is C15H16O2. The van der Waals surface area contributed by atoms with E-state index >= 15 is 0 Å². The second-order valence-corrected chi connectivity index (χ2v) is 4.96. The molecule has 2 rings (SSSR count). The van der Waals surface area contributed by atoms with Crippen LogP contribution in [0.5, 0.6) is 0 Å². The first-order chi connectivity index (χ1) is 7.93. The summed E-state index contributed by atoms with van der Waals surface area (Å²) in [5, 5.41) is 11.4. The normalized spacial score (nSPS) is 11.7. The zero-order valence-corrected chi connectivity index (χ0v) is 10.3. The van der Waals surface area contributed by atoms with E-state index in [-0.39, 0.29) is 0 Å². The van der Waals surface area contributed by atoms with E-state index in [1.54, 1.807) is 13.8 Å². The van der Waals surface area contributed by atoms with Gasteiger partial charge in [0.15, 0.2) is 0 Å². The van der Waals surface area contributed by atoms with Gasteiger partial charge in [-0.1, -0.05) is 42.0 Å². The van der Waals surface area contributed by atoms with Crippen molar-refractivity contribution in [1.82, 2.24) is 0 Å². The largest absolute Gasteiger partial charge is 0.481 e. The average molecular weight is 228 g/mol. The van der Waals surface area contributed by atoms with Crippen molar-refractivity contribution in [3.8, 4) is 0 Å². The number of carboxylic acids is 1. The van der Waals surface area contributed by atoms with Crippen LogP contribution in [0.15, 0.2) is 36.4 Å². The van der Waals surface area contributed by atoms with E-state index in [4.69, 9.17) is 0 Å². The van der Waals surface area contributed by atoms with E-state index in [0.717, 1.165) is 16.3 Å². The van der Waals surface area contributed by atoms with Gasteiger partial charge < -0.3 is 5.11 Å². The van der Waals surface area contributed by atoms with E-state index in [2.05, 4.69) is 6.07 Å². The van der Waals surface area contributed by atoms with E-state index in [1.807, 2.05) is 37.3 Å². The van der Waals surface area contributed by atoms with Crippen molar-refractivity contribution in [2.45, 2.75) is 26.2 Å². The number of rotatable bonds is 2. The molecule has 0 spiro atoms. The quantitative estimate of drug-likeness (QED) is 0.854. The van der Waals surface area contributed by atoms with Crippen molar-refractivity contribution in [1.29, 1.82) is 0 Å². The number of aryl methyl sites for hydroxylation is 1. The van der Waals surface area contributed by atoms with Crippen molar-refractivity contribution in [3.05, 3.63) is 47.5 Å². The van der Waals surface area contributed by atoms with Crippen LogP contribution in [0.1, 0.15) is 25.0 Å². The molecule has 2 nitrogen and oxygen atoms in total. The highest BCUT2D eigenvalue weighted by Gasteiger charge is 2.30. The van der Waals surface area contributed by atoms with Crippen LogP contribution in [0.25, 0.3) is 10.8 Å². The fraction of sp³-hybridized carbons (Fsp3) is 0.267. The minimum Gasteiger partial charge on any atom is -0.481 e. The van der Waals surface area contributed by atoms with Gasteiger partial charge in [0.25, 0.3) is 0 Å². The van der Waals surface area contributed by atoms with Gasteiger partial charge in [-0.05, 0) is 37.1 Å². The first kappa shape index (κ1) is 11.6. The van der Waals surface area contributed by atoms with Crippen LogP contribution >= 0.6 is 0 Å². The number of hydrogen-bond donors (Lipinski definition) is 1. The molecule has 0 saturated heterocycles. The number of carboxylic acid groups (broad SMARTS) is 1. The molecule has 0 aliphatic heterocycles. The van der Waals surface area contributed by atoms with Crippen LogP contribution in [-0.2, 0) is 10.2 Å². The lowest BCUT2D eigenvalue weighted by atomic mass is 9.81. The second kappa shape index (κ2) is 3.88. The number of fused-ring (bicyclic) bond motifs is 1. The Morgan fingerprint density at radius 1 is 1.18 bits per heavy atom. The lowest BCUT2D eigenvalue weighted by Gasteiger charge is -2.21. The smallest absolute Gasteiger partial charge is 0.313 e. The molecular weight excluding hydrogens is 212 g/mol. The maximum Gasteiger partial charge on any atom is 0.313 e. The predicted octanol–water partition coefficient (Wildman–Crippen LogP) is 3.51. The van der Waals surface area contributed by atoms with Crippen LogP contribution in [0.2, 0.25) is 0 Å². The molecule has 2 aromatic carbocycles. The Labute approximate surface area is 101 Å². The van der Waals surface area contributed by atoms with Gasteiger partial charge >= 0.3 is 5.97 Å².